The number of hydrogen-bond acceptors (Lipinski definition) is 4. The Morgan fingerprint density at radius 2 is 2.03 bits per heavy atom. The Labute approximate surface area is 187 Å². The van der Waals surface area contributed by atoms with Gasteiger partial charge in [-0.2, -0.15) is 0 Å². The summed E-state index contributed by atoms with van der Waals surface area (Å²) < 4.78 is 5.55. The molecule has 1 fully saturated rings. The zero-order valence-corrected chi connectivity index (χ0v) is 19.5. The van der Waals surface area contributed by atoms with E-state index in [9.17, 15) is 5.11 Å². The minimum Gasteiger partial charge on any atom is -0.396 e. The van der Waals surface area contributed by atoms with Crippen LogP contribution in [0.3, 0.4) is 0 Å². The van der Waals surface area contributed by atoms with Crippen LogP contribution in [0.25, 0.3) is 0 Å². The van der Waals surface area contributed by atoms with Crippen LogP contribution < -0.4 is 10.6 Å². The molecule has 2 atom stereocenters. The molecule has 1 aromatic carbocycles. The molecule has 0 saturated carbocycles. The Balaban J connectivity index is 2.08. The Kier molecular flexibility index (Phi) is 11.5. The number of rotatable bonds is 11. The van der Waals surface area contributed by atoms with Crippen molar-refractivity contribution in [3.8, 4) is 0 Å². The third-order valence-electron chi connectivity index (χ3n) is 5.38. The molecule has 1 heterocycles. The van der Waals surface area contributed by atoms with Gasteiger partial charge >= 0.3 is 0 Å². The van der Waals surface area contributed by atoms with Crippen LogP contribution in [0.5, 0.6) is 0 Å². The number of morpholine rings is 1. The number of aliphatic hydroxyl groups excluding tert-OH is 1. The van der Waals surface area contributed by atoms with Crippen molar-refractivity contribution in [2.24, 2.45) is 16.8 Å². The molecular weight excluding hydrogens is 400 g/mol. The molecule has 6 nitrogen and oxygen atoms in total. The van der Waals surface area contributed by atoms with Crippen LogP contribution in [0.1, 0.15) is 45.2 Å². The SMILES string of the molecule is CCNC(=NCC(CCO)CC(C)C)NCC(c1cccc(Cl)c1)N1CCOCC1. The van der Waals surface area contributed by atoms with E-state index < -0.39 is 0 Å². The molecule has 1 aliphatic heterocycles. The zero-order chi connectivity index (χ0) is 21.8. The Bertz CT molecular complexity index is 635. The smallest absolute Gasteiger partial charge is 0.191 e. The fraction of sp³-hybridized carbons (Fsp3) is 0.696. The first-order chi connectivity index (χ1) is 14.5. The lowest BCUT2D eigenvalue weighted by atomic mass is 9.94. The number of nitrogens with zero attached hydrogens (tertiary/aromatic N) is 2. The lowest BCUT2D eigenvalue weighted by Gasteiger charge is -2.35. The van der Waals surface area contributed by atoms with Crippen LogP contribution in [-0.4, -0.2) is 68.5 Å². The van der Waals surface area contributed by atoms with Gasteiger partial charge in [0.2, 0.25) is 0 Å². The van der Waals surface area contributed by atoms with Crippen molar-refractivity contribution in [2.75, 3.05) is 52.5 Å². The topological polar surface area (TPSA) is 69.1 Å². The highest BCUT2D eigenvalue weighted by molar-refractivity contribution is 6.30. The molecule has 1 aromatic rings. The number of hydrogen-bond donors (Lipinski definition) is 3. The van der Waals surface area contributed by atoms with Crippen molar-refractivity contribution < 1.29 is 9.84 Å². The maximum atomic E-state index is 9.38. The first-order valence-electron chi connectivity index (χ1n) is 11.2. The molecule has 0 radical (unpaired) electrons. The molecule has 0 aromatic heterocycles. The van der Waals surface area contributed by atoms with E-state index in [0.29, 0.717) is 18.4 Å². The normalized spacial score (nSPS) is 17.7. The predicted octanol–water partition coefficient (Wildman–Crippen LogP) is 3.31. The van der Waals surface area contributed by atoms with E-state index in [4.69, 9.17) is 21.3 Å². The summed E-state index contributed by atoms with van der Waals surface area (Å²) in [4.78, 5) is 7.27. The van der Waals surface area contributed by atoms with Gasteiger partial charge in [-0.15, -0.1) is 0 Å². The molecule has 0 aliphatic carbocycles. The molecule has 1 saturated heterocycles. The minimum atomic E-state index is 0.195. The third kappa shape index (κ3) is 8.80. The maximum Gasteiger partial charge on any atom is 0.191 e. The van der Waals surface area contributed by atoms with Crippen molar-refractivity contribution >= 4 is 17.6 Å². The summed E-state index contributed by atoms with van der Waals surface area (Å²) in [7, 11) is 0. The number of halogens is 1. The number of benzene rings is 1. The van der Waals surface area contributed by atoms with Gasteiger partial charge in [0.25, 0.3) is 0 Å². The predicted molar refractivity (Wildman–Crippen MR) is 125 cm³/mol. The standard InChI is InChI=1S/C23H39ClN4O2/c1-4-25-23(26-16-19(8-11-29)14-18(2)3)27-17-22(28-9-12-30-13-10-28)20-6-5-7-21(24)15-20/h5-7,15,18-19,22,29H,4,8-14,16-17H2,1-3H3,(H2,25,26,27). The van der Waals surface area contributed by atoms with E-state index in [1.807, 2.05) is 18.2 Å². The number of nitrogens with one attached hydrogen (secondary N) is 2. The molecule has 2 rings (SSSR count). The lowest BCUT2D eigenvalue weighted by Crippen LogP contribution is -2.46. The van der Waals surface area contributed by atoms with Gasteiger partial charge in [0.05, 0.1) is 19.3 Å². The fourth-order valence-corrected chi connectivity index (χ4v) is 4.15. The molecule has 2 unspecified atom stereocenters. The summed E-state index contributed by atoms with van der Waals surface area (Å²) in [5, 5.41) is 17.0. The van der Waals surface area contributed by atoms with E-state index in [-0.39, 0.29) is 12.6 Å². The van der Waals surface area contributed by atoms with E-state index in [1.54, 1.807) is 0 Å². The number of guanidine groups is 1. The highest BCUT2D eigenvalue weighted by Crippen LogP contribution is 2.24. The molecule has 0 bridgehead atoms. The van der Waals surface area contributed by atoms with E-state index >= 15 is 0 Å². The molecule has 0 spiro atoms. The van der Waals surface area contributed by atoms with Crippen LogP contribution in [0.2, 0.25) is 5.02 Å². The first kappa shape index (κ1) is 24.9. The van der Waals surface area contributed by atoms with Crippen LogP contribution in [0.15, 0.2) is 29.3 Å². The number of aliphatic hydroxyl groups is 1. The Hall–Kier alpha value is -1.34. The molecule has 0 amide bonds. The first-order valence-corrected chi connectivity index (χ1v) is 11.6. The van der Waals surface area contributed by atoms with E-state index in [0.717, 1.165) is 63.2 Å². The molecule has 3 N–H and O–H groups in total. The van der Waals surface area contributed by atoms with Crippen molar-refractivity contribution in [1.82, 2.24) is 15.5 Å². The highest BCUT2D eigenvalue weighted by atomic mass is 35.5. The average Bonchev–Trinajstić information content (AvgIpc) is 2.72. The van der Waals surface area contributed by atoms with Gasteiger partial charge in [0, 0.05) is 44.4 Å². The van der Waals surface area contributed by atoms with Crippen LogP contribution in [0, 0.1) is 11.8 Å². The van der Waals surface area contributed by atoms with Crippen molar-refractivity contribution in [3.63, 3.8) is 0 Å². The van der Waals surface area contributed by atoms with Crippen molar-refractivity contribution in [2.45, 2.75) is 39.7 Å². The second-order valence-corrected chi connectivity index (χ2v) is 8.76. The van der Waals surface area contributed by atoms with Gasteiger partial charge in [0.15, 0.2) is 5.96 Å². The van der Waals surface area contributed by atoms with E-state index in [2.05, 4.69) is 42.4 Å². The van der Waals surface area contributed by atoms with Crippen LogP contribution in [-0.2, 0) is 4.74 Å². The molecule has 7 heteroatoms. The summed E-state index contributed by atoms with van der Waals surface area (Å²) in [6.45, 7) is 12.3. The fourth-order valence-electron chi connectivity index (χ4n) is 3.95. The average molecular weight is 439 g/mol. The largest absolute Gasteiger partial charge is 0.396 e. The highest BCUT2D eigenvalue weighted by Gasteiger charge is 2.23. The summed E-state index contributed by atoms with van der Waals surface area (Å²) in [5.74, 6) is 1.82. The van der Waals surface area contributed by atoms with Gasteiger partial charge in [-0.1, -0.05) is 37.6 Å². The van der Waals surface area contributed by atoms with Gasteiger partial charge < -0.3 is 20.5 Å². The number of aliphatic imine (C=N–C) groups is 1. The van der Waals surface area contributed by atoms with Crippen molar-refractivity contribution in [1.29, 1.82) is 0 Å². The summed E-state index contributed by atoms with van der Waals surface area (Å²) >= 11 is 6.28. The second kappa shape index (κ2) is 13.9. The molecular formula is C23H39ClN4O2. The van der Waals surface area contributed by atoms with Gasteiger partial charge in [-0.25, -0.2) is 0 Å². The quantitative estimate of drug-likeness (QED) is 0.365. The van der Waals surface area contributed by atoms with Gasteiger partial charge in [-0.05, 0) is 49.3 Å². The lowest BCUT2D eigenvalue weighted by molar-refractivity contribution is 0.0170. The second-order valence-electron chi connectivity index (χ2n) is 8.33. The van der Waals surface area contributed by atoms with E-state index in [1.165, 1.54) is 5.56 Å². The number of ether oxygens (including phenoxy) is 1. The third-order valence-corrected chi connectivity index (χ3v) is 5.61. The summed E-state index contributed by atoms with van der Waals surface area (Å²) in [5.41, 5.74) is 1.20. The zero-order valence-electron chi connectivity index (χ0n) is 18.7. The molecule has 30 heavy (non-hydrogen) atoms. The maximum absolute atomic E-state index is 9.38. The van der Waals surface area contributed by atoms with Crippen LogP contribution >= 0.6 is 11.6 Å². The minimum absolute atomic E-state index is 0.195. The Morgan fingerprint density at radius 3 is 2.67 bits per heavy atom. The van der Waals surface area contributed by atoms with Gasteiger partial charge in [0.1, 0.15) is 0 Å². The van der Waals surface area contributed by atoms with Crippen molar-refractivity contribution in [3.05, 3.63) is 34.9 Å². The van der Waals surface area contributed by atoms with Gasteiger partial charge in [-0.3, -0.25) is 9.89 Å². The summed E-state index contributed by atoms with van der Waals surface area (Å²) in [6, 6.07) is 8.30. The van der Waals surface area contributed by atoms with Crippen LogP contribution in [0.4, 0.5) is 0 Å². The molecule has 1 aliphatic rings. The Morgan fingerprint density at radius 1 is 1.27 bits per heavy atom. The summed E-state index contributed by atoms with van der Waals surface area (Å²) in [6.07, 6.45) is 1.86. The monoisotopic (exact) mass is 438 g/mol. The molecule has 170 valence electrons.